The fourth-order valence-corrected chi connectivity index (χ4v) is 2.31. The van der Waals surface area contributed by atoms with Crippen molar-refractivity contribution in [3.8, 4) is 0 Å². The normalized spacial score (nSPS) is 18.3. The van der Waals surface area contributed by atoms with Gasteiger partial charge < -0.3 is 9.80 Å². The Morgan fingerprint density at radius 2 is 2.05 bits per heavy atom. The third-order valence-corrected chi connectivity index (χ3v) is 3.60. The lowest BCUT2D eigenvalue weighted by molar-refractivity contribution is -0.136. The van der Waals surface area contributed by atoms with Gasteiger partial charge >= 0.3 is 0 Å². The van der Waals surface area contributed by atoms with Crippen LogP contribution in [-0.4, -0.2) is 58.2 Å². The summed E-state index contributed by atoms with van der Waals surface area (Å²) in [7, 11) is 0. The van der Waals surface area contributed by atoms with Gasteiger partial charge in [0.15, 0.2) is 0 Å². The first-order valence-corrected chi connectivity index (χ1v) is 6.68. The maximum Gasteiger partial charge on any atom is 0.267 e. The van der Waals surface area contributed by atoms with E-state index in [1.807, 2.05) is 4.90 Å². The largest absolute Gasteiger partial charge is 0.338 e. The number of hydrogen-bond acceptors (Lipinski definition) is 4. The smallest absolute Gasteiger partial charge is 0.267 e. The van der Waals surface area contributed by atoms with Crippen molar-refractivity contribution in [2.75, 3.05) is 32.7 Å². The van der Waals surface area contributed by atoms with Crippen LogP contribution in [0.1, 0.15) is 19.9 Å². The lowest BCUT2D eigenvalue weighted by Gasteiger charge is -2.35. The lowest BCUT2D eigenvalue weighted by Crippen LogP contribution is -2.50. The van der Waals surface area contributed by atoms with E-state index in [9.17, 15) is 9.59 Å². The number of hydrogen-bond donors (Lipinski definition) is 0. The van der Waals surface area contributed by atoms with E-state index >= 15 is 0 Å². The van der Waals surface area contributed by atoms with Crippen LogP contribution in [0.4, 0.5) is 0 Å². The maximum absolute atomic E-state index is 12.4. The SMILES string of the molecule is CCN1CCN(C(=O)C(C)n2ncccc2=O)CC1. The molecule has 1 saturated heterocycles. The molecule has 0 aromatic carbocycles. The molecule has 1 aliphatic heterocycles. The van der Waals surface area contributed by atoms with E-state index in [4.69, 9.17) is 0 Å². The van der Waals surface area contributed by atoms with Crippen molar-refractivity contribution in [2.45, 2.75) is 19.9 Å². The van der Waals surface area contributed by atoms with Crippen molar-refractivity contribution in [2.24, 2.45) is 0 Å². The number of rotatable bonds is 3. The Bertz CT molecular complexity index is 491. The van der Waals surface area contributed by atoms with Crippen LogP contribution >= 0.6 is 0 Å². The monoisotopic (exact) mass is 264 g/mol. The molecular weight excluding hydrogens is 244 g/mol. The molecule has 19 heavy (non-hydrogen) atoms. The maximum atomic E-state index is 12.4. The van der Waals surface area contributed by atoms with Gasteiger partial charge in [-0.15, -0.1) is 0 Å². The highest BCUT2D eigenvalue weighted by Crippen LogP contribution is 2.09. The van der Waals surface area contributed by atoms with Crippen LogP contribution in [0.2, 0.25) is 0 Å². The number of carbonyl (C=O) groups is 1. The molecule has 1 aromatic heterocycles. The van der Waals surface area contributed by atoms with E-state index in [0.717, 1.165) is 32.7 Å². The third-order valence-electron chi connectivity index (χ3n) is 3.60. The molecule has 0 bridgehead atoms. The number of likely N-dealkylation sites (N-methyl/N-ethyl adjacent to an activating group) is 1. The minimum Gasteiger partial charge on any atom is -0.338 e. The van der Waals surface area contributed by atoms with E-state index in [2.05, 4.69) is 16.9 Å². The van der Waals surface area contributed by atoms with Gasteiger partial charge in [-0.3, -0.25) is 9.59 Å². The first-order chi connectivity index (χ1) is 9.13. The van der Waals surface area contributed by atoms with E-state index in [1.165, 1.54) is 16.9 Å². The van der Waals surface area contributed by atoms with E-state index in [1.54, 1.807) is 13.0 Å². The zero-order valence-electron chi connectivity index (χ0n) is 11.5. The summed E-state index contributed by atoms with van der Waals surface area (Å²) in [6.07, 6.45) is 1.53. The third kappa shape index (κ3) is 3.01. The van der Waals surface area contributed by atoms with Crippen LogP contribution in [0, 0.1) is 0 Å². The molecule has 0 radical (unpaired) electrons. The summed E-state index contributed by atoms with van der Waals surface area (Å²) in [4.78, 5) is 28.1. The summed E-state index contributed by atoms with van der Waals surface area (Å²) in [6.45, 7) is 8.09. The second-order valence-corrected chi connectivity index (χ2v) is 4.74. The first-order valence-electron chi connectivity index (χ1n) is 6.68. The van der Waals surface area contributed by atoms with Crippen LogP contribution in [0.15, 0.2) is 23.1 Å². The van der Waals surface area contributed by atoms with Gasteiger partial charge in [-0.25, -0.2) is 4.68 Å². The van der Waals surface area contributed by atoms with Gasteiger partial charge in [0, 0.05) is 38.4 Å². The van der Waals surface area contributed by atoms with E-state index < -0.39 is 6.04 Å². The summed E-state index contributed by atoms with van der Waals surface area (Å²) >= 11 is 0. The Labute approximate surface area is 112 Å². The van der Waals surface area contributed by atoms with Gasteiger partial charge in [-0.2, -0.15) is 5.10 Å². The molecule has 104 valence electrons. The average Bonchev–Trinajstić information content (AvgIpc) is 2.46. The predicted molar refractivity (Wildman–Crippen MR) is 71.9 cm³/mol. The molecule has 0 saturated carbocycles. The van der Waals surface area contributed by atoms with Gasteiger partial charge in [0.2, 0.25) is 5.91 Å². The molecule has 0 spiro atoms. The van der Waals surface area contributed by atoms with Crippen molar-refractivity contribution < 1.29 is 4.79 Å². The van der Waals surface area contributed by atoms with Crippen molar-refractivity contribution in [3.05, 3.63) is 28.7 Å². The van der Waals surface area contributed by atoms with Crippen LogP contribution in [0.3, 0.4) is 0 Å². The Kier molecular flexibility index (Phi) is 4.31. The fourth-order valence-electron chi connectivity index (χ4n) is 2.31. The minimum absolute atomic E-state index is 0.0310. The highest BCUT2D eigenvalue weighted by Gasteiger charge is 2.26. The quantitative estimate of drug-likeness (QED) is 0.769. The van der Waals surface area contributed by atoms with Crippen LogP contribution < -0.4 is 5.56 Å². The Morgan fingerprint density at radius 3 is 2.63 bits per heavy atom. The number of nitrogens with zero attached hydrogens (tertiary/aromatic N) is 4. The molecular formula is C13H20N4O2. The highest BCUT2D eigenvalue weighted by atomic mass is 16.2. The molecule has 1 aliphatic rings. The number of amides is 1. The van der Waals surface area contributed by atoms with Crippen LogP contribution in [0.5, 0.6) is 0 Å². The molecule has 1 atom stereocenters. The van der Waals surface area contributed by atoms with Gasteiger partial charge in [-0.1, -0.05) is 6.92 Å². The van der Waals surface area contributed by atoms with Gasteiger partial charge in [-0.05, 0) is 19.5 Å². The number of carbonyl (C=O) groups excluding carboxylic acids is 1. The van der Waals surface area contributed by atoms with Gasteiger partial charge in [0.1, 0.15) is 6.04 Å². The first kappa shape index (κ1) is 13.7. The predicted octanol–water partition coefficient (Wildman–Crippen LogP) is -0.0316. The van der Waals surface area contributed by atoms with Crippen molar-refractivity contribution >= 4 is 5.91 Å². The summed E-state index contributed by atoms with van der Waals surface area (Å²) < 4.78 is 1.24. The molecule has 1 unspecified atom stereocenters. The summed E-state index contributed by atoms with van der Waals surface area (Å²) in [6, 6.07) is 2.46. The Hall–Kier alpha value is -1.69. The van der Waals surface area contributed by atoms with Gasteiger partial charge in [0.25, 0.3) is 5.56 Å². The molecule has 0 N–H and O–H groups in total. The fraction of sp³-hybridized carbons (Fsp3) is 0.615. The van der Waals surface area contributed by atoms with Crippen molar-refractivity contribution in [1.29, 1.82) is 0 Å². The zero-order chi connectivity index (χ0) is 13.8. The van der Waals surface area contributed by atoms with Crippen LogP contribution in [0.25, 0.3) is 0 Å². The average molecular weight is 264 g/mol. The van der Waals surface area contributed by atoms with Gasteiger partial charge in [0.05, 0.1) is 0 Å². The highest BCUT2D eigenvalue weighted by molar-refractivity contribution is 5.80. The van der Waals surface area contributed by atoms with E-state index in [-0.39, 0.29) is 11.5 Å². The molecule has 1 aromatic rings. The van der Waals surface area contributed by atoms with E-state index in [0.29, 0.717) is 0 Å². The second kappa shape index (κ2) is 5.97. The number of aromatic nitrogens is 2. The molecule has 2 rings (SSSR count). The minimum atomic E-state index is -0.540. The summed E-state index contributed by atoms with van der Waals surface area (Å²) in [5.74, 6) is -0.0310. The molecule has 0 aliphatic carbocycles. The summed E-state index contributed by atoms with van der Waals surface area (Å²) in [5, 5.41) is 3.97. The zero-order valence-corrected chi connectivity index (χ0v) is 11.5. The topological polar surface area (TPSA) is 58.4 Å². The molecule has 1 fully saturated rings. The summed E-state index contributed by atoms with van der Waals surface area (Å²) in [5.41, 5.74) is -0.240. The standard InChI is InChI=1S/C13H20N4O2/c1-3-15-7-9-16(10-8-15)13(19)11(2)17-12(18)5-4-6-14-17/h4-6,11H,3,7-10H2,1-2H3. The molecule has 6 heteroatoms. The lowest BCUT2D eigenvalue weighted by atomic mass is 10.2. The molecule has 1 amide bonds. The molecule has 6 nitrogen and oxygen atoms in total. The van der Waals surface area contributed by atoms with Crippen molar-refractivity contribution in [1.82, 2.24) is 19.6 Å². The Morgan fingerprint density at radius 1 is 1.37 bits per heavy atom. The Balaban J connectivity index is 2.04. The molecule has 2 heterocycles. The van der Waals surface area contributed by atoms with Crippen LogP contribution in [-0.2, 0) is 4.79 Å². The number of piperazine rings is 1. The van der Waals surface area contributed by atoms with Crippen molar-refractivity contribution in [3.63, 3.8) is 0 Å². The second-order valence-electron chi connectivity index (χ2n) is 4.74.